The average Bonchev–Trinajstić information content (AvgIpc) is 2.62. The Morgan fingerprint density at radius 1 is 1.10 bits per heavy atom. The molecule has 0 aliphatic carbocycles. The summed E-state index contributed by atoms with van der Waals surface area (Å²) in [5.74, 6) is 0. The van der Waals surface area contributed by atoms with Crippen molar-refractivity contribution in [1.82, 2.24) is 0 Å². The van der Waals surface area contributed by atoms with Gasteiger partial charge < -0.3 is 9.16 Å². The summed E-state index contributed by atoms with van der Waals surface area (Å²) in [6, 6.07) is 10.6. The third-order valence-electron chi connectivity index (χ3n) is 3.84. The zero-order valence-corrected chi connectivity index (χ0v) is 14.3. The molecule has 0 aromatic heterocycles. The fourth-order valence-electron chi connectivity index (χ4n) is 2.73. The number of hydrogen-bond donors (Lipinski definition) is 0. The summed E-state index contributed by atoms with van der Waals surface area (Å²) >= 11 is 0. The first kappa shape index (κ1) is 15.3. The quantitative estimate of drug-likeness (QED) is 0.742. The van der Waals surface area contributed by atoms with Gasteiger partial charge in [-0.1, -0.05) is 30.3 Å². The van der Waals surface area contributed by atoms with Crippen LogP contribution in [0.15, 0.2) is 42.7 Å². The van der Waals surface area contributed by atoms with E-state index < -0.39 is 8.32 Å². The maximum Gasteiger partial charge on any atom is 0.185 e. The van der Waals surface area contributed by atoms with E-state index in [9.17, 15) is 0 Å². The summed E-state index contributed by atoms with van der Waals surface area (Å²) in [5, 5.41) is 0. The van der Waals surface area contributed by atoms with E-state index in [0.717, 1.165) is 12.8 Å². The van der Waals surface area contributed by atoms with Crippen LogP contribution in [0.1, 0.15) is 25.8 Å². The second-order valence-corrected chi connectivity index (χ2v) is 11.4. The molecule has 0 saturated heterocycles. The van der Waals surface area contributed by atoms with Gasteiger partial charge in [0.15, 0.2) is 8.32 Å². The van der Waals surface area contributed by atoms with E-state index in [1.54, 1.807) is 0 Å². The minimum atomic E-state index is -1.65. The van der Waals surface area contributed by atoms with Crippen LogP contribution in [0.2, 0.25) is 19.6 Å². The molecule has 0 N–H and O–H groups in total. The minimum Gasteiger partial charge on any atom is -0.492 e. The van der Waals surface area contributed by atoms with E-state index in [0.29, 0.717) is 0 Å². The lowest BCUT2D eigenvalue weighted by Gasteiger charge is -2.43. The van der Waals surface area contributed by atoms with Gasteiger partial charge in [0.1, 0.15) is 11.2 Å². The van der Waals surface area contributed by atoms with Crippen LogP contribution in [0, 0.1) is 0 Å². The van der Waals surface area contributed by atoms with Crippen molar-refractivity contribution < 1.29 is 9.16 Å². The van der Waals surface area contributed by atoms with Gasteiger partial charge in [0.2, 0.25) is 0 Å². The molecule has 1 atom stereocenters. The molecule has 0 fully saturated rings. The second-order valence-electron chi connectivity index (χ2n) is 7.02. The van der Waals surface area contributed by atoms with Crippen LogP contribution < -0.4 is 0 Å². The molecule has 20 heavy (non-hydrogen) atoms. The SMILES string of the molecule is CC1(C)OC=CC1(CCc1ccccc1)O[Si](C)(C)C. The Balaban J connectivity index is 2.18. The van der Waals surface area contributed by atoms with Gasteiger partial charge in [0.05, 0.1) is 6.26 Å². The van der Waals surface area contributed by atoms with Gasteiger partial charge in [-0.25, -0.2) is 0 Å². The first-order valence-corrected chi connectivity index (χ1v) is 10.7. The predicted octanol–water partition coefficient (Wildman–Crippen LogP) is 4.53. The average molecular weight is 290 g/mol. The molecule has 1 aliphatic rings. The summed E-state index contributed by atoms with van der Waals surface area (Å²) in [5.41, 5.74) is 0.734. The van der Waals surface area contributed by atoms with Crippen molar-refractivity contribution in [3.05, 3.63) is 48.2 Å². The largest absolute Gasteiger partial charge is 0.492 e. The van der Waals surface area contributed by atoms with Crippen LogP contribution in [0.3, 0.4) is 0 Å². The third-order valence-corrected chi connectivity index (χ3v) is 4.81. The van der Waals surface area contributed by atoms with Crippen LogP contribution in [0.5, 0.6) is 0 Å². The lowest BCUT2D eigenvalue weighted by atomic mass is 9.82. The van der Waals surface area contributed by atoms with Crippen molar-refractivity contribution in [2.24, 2.45) is 0 Å². The maximum atomic E-state index is 6.55. The molecule has 2 nitrogen and oxygen atoms in total. The van der Waals surface area contributed by atoms with E-state index in [-0.39, 0.29) is 11.2 Å². The van der Waals surface area contributed by atoms with Crippen molar-refractivity contribution in [1.29, 1.82) is 0 Å². The zero-order valence-electron chi connectivity index (χ0n) is 13.3. The smallest absolute Gasteiger partial charge is 0.185 e. The van der Waals surface area contributed by atoms with Gasteiger partial charge in [0, 0.05) is 0 Å². The summed E-state index contributed by atoms with van der Waals surface area (Å²) in [4.78, 5) is 0. The molecule has 0 spiro atoms. The standard InChI is InChI=1S/C17H26O2Si/c1-16(2)17(13-14-18-16,19-20(3,4)5)12-11-15-9-7-6-8-10-15/h6-10,13-14H,11-12H2,1-5H3. The first-order valence-electron chi connectivity index (χ1n) is 7.34. The lowest BCUT2D eigenvalue weighted by Crippen LogP contribution is -2.54. The van der Waals surface area contributed by atoms with Gasteiger partial charge in [-0.15, -0.1) is 0 Å². The molecule has 3 heteroatoms. The van der Waals surface area contributed by atoms with Crippen LogP contribution in [0.4, 0.5) is 0 Å². The van der Waals surface area contributed by atoms with Gasteiger partial charge in [-0.05, 0) is 58.0 Å². The van der Waals surface area contributed by atoms with E-state index in [1.807, 2.05) is 6.26 Å². The molecule has 1 unspecified atom stereocenters. The van der Waals surface area contributed by atoms with Crippen molar-refractivity contribution in [3.8, 4) is 0 Å². The Bertz CT molecular complexity index is 474. The predicted molar refractivity (Wildman–Crippen MR) is 86.2 cm³/mol. The molecule has 1 heterocycles. The number of hydrogen-bond acceptors (Lipinski definition) is 2. The van der Waals surface area contributed by atoms with Crippen LogP contribution in [-0.4, -0.2) is 19.5 Å². The normalized spacial score (nSPS) is 24.6. The molecular formula is C17H26O2Si. The summed E-state index contributed by atoms with van der Waals surface area (Å²) in [6.45, 7) is 11.0. The van der Waals surface area contributed by atoms with Gasteiger partial charge in [-0.3, -0.25) is 0 Å². The molecule has 0 saturated carbocycles. The van der Waals surface area contributed by atoms with Crippen LogP contribution >= 0.6 is 0 Å². The minimum absolute atomic E-state index is 0.304. The Labute approximate surface area is 123 Å². The molecule has 0 bridgehead atoms. The highest BCUT2D eigenvalue weighted by Crippen LogP contribution is 2.41. The molecular weight excluding hydrogens is 264 g/mol. The van der Waals surface area contributed by atoms with Gasteiger partial charge in [-0.2, -0.15) is 0 Å². The monoisotopic (exact) mass is 290 g/mol. The topological polar surface area (TPSA) is 18.5 Å². The molecule has 0 radical (unpaired) electrons. The Hall–Kier alpha value is -1.06. The second kappa shape index (κ2) is 5.38. The van der Waals surface area contributed by atoms with Crippen molar-refractivity contribution >= 4 is 8.32 Å². The zero-order chi connectivity index (χ0) is 14.9. The Morgan fingerprint density at radius 3 is 2.25 bits per heavy atom. The van der Waals surface area contributed by atoms with Gasteiger partial charge in [0.25, 0.3) is 0 Å². The van der Waals surface area contributed by atoms with E-state index in [2.05, 4.69) is 69.9 Å². The van der Waals surface area contributed by atoms with E-state index >= 15 is 0 Å². The number of benzene rings is 1. The van der Waals surface area contributed by atoms with E-state index in [1.165, 1.54) is 5.56 Å². The summed E-state index contributed by atoms with van der Waals surface area (Å²) < 4.78 is 12.4. The van der Waals surface area contributed by atoms with Crippen molar-refractivity contribution in [2.75, 3.05) is 0 Å². The lowest BCUT2D eigenvalue weighted by molar-refractivity contribution is -0.0741. The highest BCUT2D eigenvalue weighted by atomic mass is 28.4. The Morgan fingerprint density at radius 2 is 1.75 bits per heavy atom. The molecule has 1 aliphatic heterocycles. The fraction of sp³-hybridized carbons (Fsp3) is 0.529. The highest BCUT2D eigenvalue weighted by molar-refractivity contribution is 6.69. The Kier molecular flexibility index (Phi) is 4.12. The van der Waals surface area contributed by atoms with Crippen LogP contribution in [-0.2, 0) is 15.6 Å². The summed E-state index contributed by atoms with van der Waals surface area (Å²) in [7, 11) is -1.65. The molecule has 2 rings (SSSR count). The maximum absolute atomic E-state index is 6.55. The molecule has 110 valence electrons. The van der Waals surface area contributed by atoms with Crippen molar-refractivity contribution in [3.63, 3.8) is 0 Å². The van der Waals surface area contributed by atoms with E-state index in [4.69, 9.17) is 9.16 Å². The number of aryl methyl sites for hydroxylation is 1. The first-order chi connectivity index (χ1) is 9.24. The fourth-order valence-corrected chi connectivity index (χ4v) is 4.24. The van der Waals surface area contributed by atoms with Gasteiger partial charge >= 0.3 is 0 Å². The molecule has 1 aromatic carbocycles. The summed E-state index contributed by atoms with van der Waals surface area (Å²) in [6.07, 6.45) is 5.88. The van der Waals surface area contributed by atoms with Crippen LogP contribution in [0.25, 0.3) is 0 Å². The van der Waals surface area contributed by atoms with Crippen molar-refractivity contribution in [2.45, 2.75) is 57.5 Å². The molecule has 1 aromatic rings. The molecule has 0 amide bonds. The third kappa shape index (κ3) is 3.33. The highest BCUT2D eigenvalue weighted by Gasteiger charge is 2.50. The number of ether oxygens (including phenoxy) is 1. The number of rotatable bonds is 5.